The lowest BCUT2D eigenvalue weighted by Gasteiger charge is -2.39. The average molecular weight is 157 g/mol. The average Bonchev–Trinajstić information content (AvgIpc) is 1.87. The lowest BCUT2D eigenvalue weighted by Crippen LogP contribution is -2.63. The number of quaternary nitrogens is 1. The predicted octanol–water partition coefficient (Wildman–Crippen LogP) is 1.68. The molecule has 0 fully saturated rings. The van der Waals surface area contributed by atoms with E-state index in [4.69, 9.17) is 5.84 Å². The quantitative estimate of drug-likeness (QED) is 0.286. The van der Waals surface area contributed by atoms with Gasteiger partial charge in [0.25, 0.3) is 0 Å². The largest absolute Gasteiger partial charge is 0.241 e. The third-order valence-corrected chi connectivity index (χ3v) is 2.37. The maximum absolute atomic E-state index is 6.16. The molecule has 0 saturated carbocycles. The van der Waals surface area contributed by atoms with Gasteiger partial charge in [-0.25, -0.2) is 4.59 Å². The third kappa shape index (κ3) is 2.31. The second kappa shape index (κ2) is 3.88. The molecule has 0 aliphatic rings. The van der Waals surface area contributed by atoms with E-state index in [0.717, 1.165) is 6.54 Å². The molecule has 2 heteroatoms. The molecule has 0 aromatic carbocycles. The van der Waals surface area contributed by atoms with Gasteiger partial charge in [0.1, 0.15) is 18.6 Å². The highest BCUT2D eigenvalue weighted by atomic mass is 15.6. The van der Waals surface area contributed by atoms with Crippen molar-refractivity contribution in [1.82, 2.24) is 0 Å². The van der Waals surface area contributed by atoms with Gasteiger partial charge in [-0.15, -0.1) is 0 Å². The number of rotatable bonds is 4. The smallest absolute Gasteiger partial charge is 0.115 e. The molecule has 11 heavy (non-hydrogen) atoms. The molecule has 0 aliphatic carbocycles. The van der Waals surface area contributed by atoms with Gasteiger partial charge in [-0.2, -0.15) is 5.84 Å². The molecule has 0 aromatic rings. The highest BCUT2D eigenvalue weighted by molar-refractivity contribution is 4.67. The molecular weight excluding hydrogens is 136 g/mol. The number of hydrogen-bond donors (Lipinski definition) is 1. The summed E-state index contributed by atoms with van der Waals surface area (Å²) >= 11 is 0. The van der Waals surface area contributed by atoms with Crippen LogP contribution in [0.15, 0.2) is 12.7 Å². The Morgan fingerprint density at radius 3 is 1.73 bits per heavy atom. The minimum absolute atomic E-state index is 0.452. The zero-order valence-electron chi connectivity index (χ0n) is 8.17. The van der Waals surface area contributed by atoms with Crippen molar-refractivity contribution in [2.45, 2.75) is 39.8 Å². The summed E-state index contributed by atoms with van der Waals surface area (Å²) in [6.07, 6.45) is 1.89. The van der Waals surface area contributed by atoms with E-state index in [-0.39, 0.29) is 0 Å². The summed E-state index contributed by atoms with van der Waals surface area (Å²) in [6, 6.07) is 0.904. The van der Waals surface area contributed by atoms with E-state index in [1.54, 1.807) is 0 Å². The molecule has 0 amide bonds. The standard InChI is InChI=1S/C9H21N2/c1-6-7-11(10,8(2)3)9(4)5/h6,8-9H,1,7,10H2,2-5H3/q+1. The van der Waals surface area contributed by atoms with E-state index >= 15 is 0 Å². The molecule has 0 bridgehead atoms. The Labute approximate surface area is 70.2 Å². The molecule has 0 rings (SSSR count). The zero-order valence-corrected chi connectivity index (χ0v) is 8.17. The van der Waals surface area contributed by atoms with Crippen LogP contribution >= 0.6 is 0 Å². The van der Waals surface area contributed by atoms with Gasteiger partial charge < -0.3 is 0 Å². The van der Waals surface area contributed by atoms with Crippen molar-refractivity contribution in [3.8, 4) is 0 Å². The Hall–Kier alpha value is -0.340. The van der Waals surface area contributed by atoms with Crippen molar-refractivity contribution in [2.24, 2.45) is 5.84 Å². The van der Waals surface area contributed by atoms with E-state index < -0.39 is 0 Å². The molecule has 0 saturated heterocycles. The minimum atomic E-state index is 0.452. The molecule has 2 N–H and O–H groups in total. The first kappa shape index (κ1) is 10.7. The van der Waals surface area contributed by atoms with Crippen molar-refractivity contribution >= 4 is 0 Å². The Kier molecular flexibility index (Phi) is 3.76. The maximum atomic E-state index is 6.16. The molecule has 66 valence electrons. The molecule has 0 unspecified atom stereocenters. The van der Waals surface area contributed by atoms with Crippen molar-refractivity contribution in [3.63, 3.8) is 0 Å². The van der Waals surface area contributed by atoms with E-state index in [9.17, 15) is 0 Å². The van der Waals surface area contributed by atoms with Crippen LogP contribution < -0.4 is 5.84 Å². The molecule has 0 aliphatic heterocycles. The monoisotopic (exact) mass is 157 g/mol. The molecule has 0 heterocycles. The van der Waals surface area contributed by atoms with Crippen LogP contribution in [0.5, 0.6) is 0 Å². The zero-order chi connectivity index (χ0) is 9.07. The van der Waals surface area contributed by atoms with Crippen LogP contribution in [0.25, 0.3) is 0 Å². The van der Waals surface area contributed by atoms with Gasteiger partial charge in [0.2, 0.25) is 0 Å². The Bertz CT molecular complexity index is 120. The molecule has 0 aromatic heterocycles. The fraction of sp³-hybridized carbons (Fsp3) is 0.778. The van der Waals surface area contributed by atoms with E-state index in [1.165, 1.54) is 0 Å². The highest BCUT2D eigenvalue weighted by Gasteiger charge is 2.29. The maximum Gasteiger partial charge on any atom is 0.115 e. The second-order valence-corrected chi connectivity index (χ2v) is 3.65. The summed E-state index contributed by atoms with van der Waals surface area (Å²) in [6.45, 7) is 13.1. The van der Waals surface area contributed by atoms with Gasteiger partial charge in [-0.05, 0) is 33.8 Å². The first-order valence-corrected chi connectivity index (χ1v) is 4.22. The van der Waals surface area contributed by atoms with Gasteiger partial charge in [-0.3, -0.25) is 0 Å². The first-order chi connectivity index (χ1) is 4.95. The third-order valence-electron chi connectivity index (χ3n) is 2.37. The molecule has 0 radical (unpaired) electrons. The van der Waals surface area contributed by atoms with Crippen LogP contribution in [-0.4, -0.2) is 23.2 Å². The Morgan fingerprint density at radius 2 is 1.64 bits per heavy atom. The van der Waals surface area contributed by atoms with Crippen LogP contribution in [-0.2, 0) is 0 Å². The molecule has 0 atom stereocenters. The van der Waals surface area contributed by atoms with Crippen LogP contribution in [0.1, 0.15) is 27.7 Å². The van der Waals surface area contributed by atoms with E-state index in [2.05, 4.69) is 34.3 Å². The topological polar surface area (TPSA) is 26.0 Å². The summed E-state index contributed by atoms with van der Waals surface area (Å²) in [5, 5.41) is 0. The van der Waals surface area contributed by atoms with Gasteiger partial charge >= 0.3 is 0 Å². The fourth-order valence-corrected chi connectivity index (χ4v) is 1.24. The van der Waals surface area contributed by atoms with Crippen LogP contribution in [0.2, 0.25) is 0 Å². The van der Waals surface area contributed by atoms with Crippen molar-refractivity contribution in [2.75, 3.05) is 6.54 Å². The SMILES string of the molecule is C=CC[N+](N)(C(C)C)C(C)C. The lowest BCUT2D eigenvalue weighted by molar-refractivity contribution is -0.973. The fourth-order valence-electron chi connectivity index (χ4n) is 1.24. The molecule has 2 nitrogen and oxygen atoms in total. The summed E-state index contributed by atoms with van der Waals surface area (Å²) < 4.78 is 0.587. The van der Waals surface area contributed by atoms with E-state index in [1.807, 2.05) is 6.08 Å². The highest BCUT2D eigenvalue weighted by Crippen LogP contribution is 2.11. The van der Waals surface area contributed by atoms with Gasteiger partial charge in [0.15, 0.2) is 0 Å². The second-order valence-electron chi connectivity index (χ2n) is 3.65. The lowest BCUT2D eigenvalue weighted by atomic mass is 10.2. The van der Waals surface area contributed by atoms with Crippen LogP contribution in [0.4, 0.5) is 0 Å². The minimum Gasteiger partial charge on any atom is -0.241 e. The normalized spacial score (nSPS) is 12.6. The number of nitrogens with zero attached hydrogens (tertiary/aromatic N) is 1. The summed E-state index contributed by atoms with van der Waals surface area (Å²) in [5.74, 6) is 6.16. The van der Waals surface area contributed by atoms with Gasteiger partial charge in [0.05, 0.1) is 0 Å². The Morgan fingerprint density at radius 1 is 1.27 bits per heavy atom. The number of hydrogen-bond acceptors (Lipinski definition) is 1. The van der Waals surface area contributed by atoms with Crippen LogP contribution in [0, 0.1) is 0 Å². The van der Waals surface area contributed by atoms with Crippen molar-refractivity contribution in [3.05, 3.63) is 12.7 Å². The molecule has 0 spiro atoms. The number of nitrogens with two attached hydrogens (primary N) is 1. The van der Waals surface area contributed by atoms with Gasteiger partial charge in [-0.1, -0.05) is 6.58 Å². The van der Waals surface area contributed by atoms with Crippen LogP contribution in [0.3, 0.4) is 0 Å². The van der Waals surface area contributed by atoms with Crippen molar-refractivity contribution < 1.29 is 4.59 Å². The molecular formula is C9H21N2+. The summed E-state index contributed by atoms with van der Waals surface area (Å²) in [7, 11) is 0. The summed E-state index contributed by atoms with van der Waals surface area (Å²) in [4.78, 5) is 0. The summed E-state index contributed by atoms with van der Waals surface area (Å²) in [5.41, 5.74) is 0. The predicted molar refractivity (Wildman–Crippen MR) is 49.8 cm³/mol. The Balaban J connectivity index is 4.37. The van der Waals surface area contributed by atoms with E-state index in [0.29, 0.717) is 16.7 Å². The van der Waals surface area contributed by atoms with Gasteiger partial charge in [0, 0.05) is 0 Å². The van der Waals surface area contributed by atoms with Crippen molar-refractivity contribution in [1.29, 1.82) is 0 Å². The first-order valence-electron chi connectivity index (χ1n) is 4.22.